The van der Waals surface area contributed by atoms with Crippen LogP contribution in [0.3, 0.4) is 0 Å². The maximum atomic E-state index is 4.65. The molecule has 9 rings (SSSR count). The highest BCUT2D eigenvalue weighted by molar-refractivity contribution is 7.25. The summed E-state index contributed by atoms with van der Waals surface area (Å²) < 4.78 is 1.25. The molecule has 206 valence electrons. The first kappa shape index (κ1) is 25.0. The lowest BCUT2D eigenvalue weighted by atomic mass is 9.94. The van der Waals surface area contributed by atoms with E-state index in [1.54, 1.807) is 11.3 Å². The van der Waals surface area contributed by atoms with Crippen LogP contribution in [0.15, 0.2) is 158 Å². The Morgan fingerprint density at radius 2 is 0.955 bits per heavy atom. The van der Waals surface area contributed by atoms with Crippen LogP contribution in [-0.2, 0) is 0 Å². The maximum absolute atomic E-state index is 4.65. The van der Waals surface area contributed by atoms with Gasteiger partial charge in [0.25, 0.3) is 0 Å². The third-order valence-corrected chi connectivity index (χ3v) is 9.78. The minimum atomic E-state index is 1.07. The molecule has 7 aromatic carbocycles. The molecule has 0 atom stereocenters. The van der Waals surface area contributed by atoms with Gasteiger partial charge in [0.05, 0.1) is 0 Å². The van der Waals surface area contributed by atoms with E-state index >= 15 is 0 Å². The number of fused-ring (bicyclic) bond motifs is 9. The van der Waals surface area contributed by atoms with Crippen molar-refractivity contribution >= 4 is 81.0 Å². The summed E-state index contributed by atoms with van der Waals surface area (Å²) >= 11 is 1.75. The second-order valence-electron chi connectivity index (χ2n) is 11.2. The van der Waals surface area contributed by atoms with E-state index in [1.165, 1.54) is 58.9 Å². The van der Waals surface area contributed by atoms with Crippen LogP contribution >= 0.6 is 11.3 Å². The molecule has 0 amide bonds. The summed E-state index contributed by atoms with van der Waals surface area (Å²) in [5.41, 5.74) is 5.76. The van der Waals surface area contributed by atoms with Crippen LogP contribution in [0.5, 0.6) is 0 Å². The van der Waals surface area contributed by atoms with E-state index in [1.807, 2.05) is 12.3 Å². The van der Waals surface area contributed by atoms with Crippen molar-refractivity contribution in [1.82, 2.24) is 4.98 Å². The summed E-state index contributed by atoms with van der Waals surface area (Å²) in [7, 11) is 0. The van der Waals surface area contributed by atoms with E-state index in [-0.39, 0.29) is 0 Å². The van der Waals surface area contributed by atoms with Crippen molar-refractivity contribution in [1.29, 1.82) is 0 Å². The zero-order chi connectivity index (χ0) is 29.0. The van der Waals surface area contributed by atoms with Gasteiger partial charge in [0.2, 0.25) is 0 Å². The van der Waals surface area contributed by atoms with Gasteiger partial charge in [0.1, 0.15) is 4.83 Å². The summed E-state index contributed by atoms with van der Waals surface area (Å²) in [5, 5.41) is 10.1. The highest BCUT2D eigenvalue weighted by atomic mass is 32.1. The Bertz CT molecular complexity index is 2480. The minimum Gasteiger partial charge on any atom is -0.310 e. The van der Waals surface area contributed by atoms with Crippen molar-refractivity contribution in [3.05, 3.63) is 158 Å². The number of nitrogens with zero attached hydrogens (tertiary/aromatic N) is 2. The molecule has 0 saturated carbocycles. The lowest BCUT2D eigenvalue weighted by molar-refractivity contribution is 1.30. The largest absolute Gasteiger partial charge is 0.310 e. The van der Waals surface area contributed by atoms with Crippen molar-refractivity contribution in [3.8, 4) is 11.1 Å². The third-order valence-electron chi connectivity index (χ3n) is 8.69. The average molecular weight is 579 g/mol. The Labute approximate surface area is 259 Å². The Kier molecular flexibility index (Phi) is 5.71. The van der Waals surface area contributed by atoms with Crippen molar-refractivity contribution in [3.63, 3.8) is 0 Å². The molecule has 2 heterocycles. The van der Waals surface area contributed by atoms with Crippen LogP contribution in [-0.4, -0.2) is 4.98 Å². The predicted molar refractivity (Wildman–Crippen MR) is 190 cm³/mol. The van der Waals surface area contributed by atoms with E-state index in [9.17, 15) is 0 Å². The van der Waals surface area contributed by atoms with Crippen LogP contribution in [0.1, 0.15) is 0 Å². The number of hydrogen-bond donors (Lipinski definition) is 0. The van der Waals surface area contributed by atoms with Crippen LogP contribution in [0.4, 0.5) is 17.1 Å². The fraction of sp³-hybridized carbons (Fsp3) is 0. The first-order valence-corrected chi connectivity index (χ1v) is 15.7. The smallest absolute Gasteiger partial charge is 0.124 e. The van der Waals surface area contributed by atoms with Gasteiger partial charge in [0.15, 0.2) is 0 Å². The molecule has 9 aromatic rings. The van der Waals surface area contributed by atoms with Gasteiger partial charge >= 0.3 is 0 Å². The highest BCUT2D eigenvalue weighted by Crippen LogP contribution is 2.43. The van der Waals surface area contributed by atoms with Crippen LogP contribution < -0.4 is 4.90 Å². The highest BCUT2D eigenvalue weighted by Gasteiger charge is 2.18. The van der Waals surface area contributed by atoms with Crippen LogP contribution in [0, 0.1) is 0 Å². The number of benzene rings is 7. The number of thiophene rings is 1. The van der Waals surface area contributed by atoms with Gasteiger partial charge in [-0.05, 0) is 98.0 Å². The molecule has 0 aliphatic heterocycles. The zero-order valence-electron chi connectivity index (χ0n) is 23.8. The van der Waals surface area contributed by atoms with E-state index < -0.39 is 0 Å². The van der Waals surface area contributed by atoms with Crippen molar-refractivity contribution in [2.24, 2.45) is 0 Å². The molecule has 0 aliphatic rings. The number of anilines is 3. The first-order valence-electron chi connectivity index (χ1n) is 14.9. The molecule has 0 radical (unpaired) electrons. The van der Waals surface area contributed by atoms with Crippen molar-refractivity contribution in [2.45, 2.75) is 0 Å². The molecule has 2 aromatic heterocycles. The van der Waals surface area contributed by atoms with Crippen molar-refractivity contribution in [2.75, 3.05) is 4.90 Å². The lowest BCUT2D eigenvalue weighted by Crippen LogP contribution is -2.10. The molecule has 0 N–H and O–H groups in total. The summed E-state index contributed by atoms with van der Waals surface area (Å²) in [4.78, 5) is 8.12. The topological polar surface area (TPSA) is 16.1 Å². The first-order chi connectivity index (χ1) is 21.8. The number of hydrogen-bond acceptors (Lipinski definition) is 3. The fourth-order valence-electron chi connectivity index (χ4n) is 6.67. The number of pyridine rings is 1. The van der Waals surface area contributed by atoms with Gasteiger partial charge in [-0.2, -0.15) is 0 Å². The van der Waals surface area contributed by atoms with Gasteiger partial charge in [-0.25, -0.2) is 4.98 Å². The Morgan fingerprint density at radius 3 is 1.70 bits per heavy atom. The number of rotatable bonds is 4. The molecule has 0 saturated heterocycles. The Morgan fingerprint density at radius 1 is 0.386 bits per heavy atom. The summed E-state index contributed by atoms with van der Waals surface area (Å²) in [6.07, 6.45) is 1.88. The molecule has 2 nitrogen and oxygen atoms in total. The number of aromatic nitrogens is 1. The standard InChI is InChI=1S/C41H26N2S/c1-2-10-27(11-3-1)28-12-8-13-29(24-28)43(31-20-22-40-39(26-31)37-18-9-23-42-41(37)44-40)30-19-21-36-34-16-5-4-14-32(34)33-15-6-7-17-35(33)38(36)25-30/h1-26H. The van der Waals surface area contributed by atoms with E-state index in [4.69, 9.17) is 0 Å². The molecule has 3 heteroatoms. The Balaban J connectivity index is 1.32. The van der Waals surface area contributed by atoms with Gasteiger partial charge in [-0.1, -0.05) is 97.1 Å². The third kappa shape index (κ3) is 3.98. The molecule has 44 heavy (non-hydrogen) atoms. The second-order valence-corrected chi connectivity index (χ2v) is 12.2. The monoisotopic (exact) mass is 578 g/mol. The predicted octanol–water partition coefficient (Wildman–Crippen LogP) is 12.0. The minimum absolute atomic E-state index is 1.07. The van der Waals surface area contributed by atoms with Gasteiger partial charge in [-0.15, -0.1) is 11.3 Å². The van der Waals surface area contributed by atoms with E-state index in [0.717, 1.165) is 21.9 Å². The molecular weight excluding hydrogens is 553 g/mol. The molecule has 0 fully saturated rings. The normalized spacial score (nSPS) is 11.6. The molecule has 0 aliphatic carbocycles. The second kappa shape index (κ2) is 10.0. The molecular formula is C41H26N2S. The zero-order valence-corrected chi connectivity index (χ0v) is 24.6. The molecule has 0 unspecified atom stereocenters. The summed E-state index contributed by atoms with van der Waals surface area (Å²) in [5.74, 6) is 0. The average Bonchev–Trinajstić information content (AvgIpc) is 3.47. The maximum Gasteiger partial charge on any atom is 0.124 e. The lowest BCUT2D eigenvalue weighted by Gasteiger charge is -2.27. The van der Waals surface area contributed by atoms with Crippen molar-refractivity contribution < 1.29 is 0 Å². The quantitative estimate of drug-likeness (QED) is 0.193. The summed E-state index contributed by atoms with van der Waals surface area (Å²) in [6, 6.07) is 55.0. The van der Waals surface area contributed by atoms with E-state index in [2.05, 4.69) is 155 Å². The SMILES string of the molecule is c1ccc(-c2cccc(N(c3ccc4sc5ncccc5c4c3)c3ccc4c5ccccc5c5ccccc5c4c3)c2)cc1. The van der Waals surface area contributed by atoms with Gasteiger partial charge in [-0.3, -0.25) is 0 Å². The van der Waals surface area contributed by atoms with Crippen LogP contribution in [0.25, 0.3) is 63.7 Å². The molecule has 0 spiro atoms. The Hall–Kier alpha value is -5.51. The van der Waals surface area contributed by atoms with Gasteiger partial charge < -0.3 is 4.90 Å². The van der Waals surface area contributed by atoms with E-state index in [0.29, 0.717) is 0 Å². The van der Waals surface area contributed by atoms with Crippen LogP contribution in [0.2, 0.25) is 0 Å². The molecule has 0 bridgehead atoms. The summed E-state index contributed by atoms with van der Waals surface area (Å²) in [6.45, 7) is 0. The van der Waals surface area contributed by atoms with Gasteiger partial charge in [0, 0.05) is 38.7 Å². The fourth-order valence-corrected chi connectivity index (χ4v) is 7.70.